The molecule has 0 aromatic heterocycles. The van der Waals surface area contributed by atoms with Crippen molar-refractivity contribution in [2.24, 2.45) is 5.92 Å². The number of carbonyl (C=O) groups is 1. The topological polar surface area (TPSA) is 49.3 Å². The van der Waals surface area contributed by atoms with Gasteiger partial charge in [0.25, 0.3) is 5.91 Å². The molecular weight excluding hydrogens is 269 g/mol. The zero-order valence-corrected chi connectivity index (χ0v) is 12.2. The molecule has 1 aliphatic rings. The maximum atomic E-state index is 14.0. The third-order valence-electron chi connectivity index (χ3n) is 3.86. The summed E-state index contributed by atoms with van der Waals surface area (Å²) in [6, 6.07) is 4.49. The van der Waals surface area contributed by atoms with Crippen LogP contribution in [0.15, 0.2) is 18.2 Å². The van der Waals surface area contributed by atoms with E-state index in [1.54, 1.807) is 6.07 Å². The molecule has 1 saturated carbocycles. The van der Waals surface area contributed by atoms with Crippen molar-refractivity contribution in [2.75, 3.05) is 6.61 Å². The summed E-state index contributed by atoms with van der Waals surface area (Å²) in [7, 11) is 0. The first-order valence-corrected chi connectivity index (χ1v) is 7.32. The summed E-state index contributed by atoms with van der Waals surface area (Å²) >= 11 is 0. The first kappa shape index (κ1) is 15.5. The lowest BCUT2D eigenvalue weighted by Crippen LogP contribution is -2.36. The molecule has 0 radical (unpaired) electrons. The van der Waals surface area contributed by atoms with E-state index < -0.39 is 5.82 Å². The number of halogens is 1. The molecule has 0 bridgehead atoms. The summed E-state index contributed by atoms with van der Waals surface area (Å²) in [5, 5.41) is 11.6. The lowest BCUT2D eigenvalue weighted by Gasteiger charge is -2.17. The van der Waals surface area contributed by atoms with Gasteiger partial charge in [-0.05, 0) is 37.0 Å². The van der Waals surface area contributed by atoms with Crippen LogP contribution < -0.4 is 5.32 Å². The molecule has 1 amide bonds. The van der Waals surface area contributed by atoms with E-state index in [0.717, 1.165) is 19.3 Å². The Balaban J connectivity index is 2.06. The summed E-state index contributed by atoms with van der Waals surface area (Å²) in [5.74, 6) is 5.00. The van der Waals surface area contributed by atoms with Crippen LogP contribution in [-0.2, 0) is 0 Å². The first-order valence-electron chi connectivity index (χ1n) is 7.32. The Morgan fingerprint density at radius 1 is 1.48 bits per heavy atom. The molecule has 2 atom stereocenters. The van der Waals surface area contributed by atoms with Crippen LogP contribution >= 0.6 is 0 Å². The summed E-state index contributed by atoms with van der Waals surface area (Å²) < 4.78 is 14.0. The molecule has 0 spiro atoms. The number of nitrogens with one attached hydrogen (secondary N) is 1. The Morgan fingerprint density at radius 2 is 2.29 bits per heavy atom. The fourth-order valence-corrected chi connectivity index (χ4v) is 2.60. The molecule has 112 valence electrons. The molecule has 1 aliphatic carbocycles. The van der Waals surface area contributed by atoms with Crippen LogP contribution in [0, 0.1) is 23.6 Å². The second-order valence-electron chi connectivity index (χ2n) is 5.46. The highest BCUT2D eigenvalue weighted by Crippen LogP contribution is 2.25. The maximum Gasteiger partial charge on any atom is 0.254 e. The van der Waals surface area contributed by atoms with E-state index in [-0.39, 0.29) is 24.1 Å². The number of aliphatic hydroxyl groups excluding tert-OH is 1. The molecule has 1 aromatic carbocycles. The first-order chi connectivity index (χ1) is 10.1. The molecule has 4 heteroatoms. The quantitative estimate of drug-likeness (QED) is 0.840. The van der Waals surface area contributed by atoms with Gasteiger partial charge in [0, 0.05) is 18.0 Å². The third kappa shape index (κ3) is 4.05. The van der Waals surface area contributed by atoms with Crippen LogP contribution in [0.1, 0.15) is 48.5 Å². The minimum atomic E-state index is -0.561. The van der Waals surface area contributed by atoms with Crippen LogP contribution in [0.3, 0.4) is 0 Å². The van der Waals surface area contributed by atoms with Crippen molar-refractivity contribution in [3.8, 4) is 11.8 Å². The van der Waals surface area contributed by atoms with Crippen molar-refractivity contribution in [1.82, 2.24) is 5.32 Å². The van der Waals surface area contributed by atoms with Gasteiger partial charge in [-0.25, -0.2) is 4.39 Å². The van der Waals surface area contributed by atoms with Crippen molar-refractivity contribution < 1.29 is 14.3 Å². The maximum absolute atomic E-state index is 14.0. The van der Waals surface area contributed by atoms with Gasteiger partial charge in [0.05, 0.1) is 12.2 Å². The summed E-state index contributed by atoms with van der Waals surface area (Å²) in [5.41, 5.74) is 0.563. The number of hydrogen-bond acceptors (Lipinski definition) is 2. The lowest BCUT2D eigenvalue weighted by atomic mass is 10.1. The molecule has 1 fully saturated rings. The Morgan fingerprint density at radius 3 is 2.90 bits per heavy atom. The van der Waals surface area contributed by atoms with Crippen molar-refractivity contribution in [1.29, 1.82) is 0 Å². The smallest absolute Gasteiger partial charge is 0.254 e. The Labute approximate surface area is 124 Å². The van der Waals surface area contributed by atoms with Crippen LogP contribution in [0.2, 0.25) is 0 Å². The zero-order valence-electron chi connectivity index (χ0n) is 12.2. The zero-order chi connectivity index (χ0) is 15.2. The van der Waals surface area contributed by atoms with E-state index in [0.29, 0.717) is 17.9 Å². The molecule has 3 nitrogen and oxygen atoms in total. The second kappa shape index (κ2) is 7.24. The third-order valence-corrected chi connectivity index (χ3v) is 3.86. The predicted octanol–water partition coefficient (Wildman–Crippen LogP) is 2.48. The molecule has 0 saturated heterocycles. The second-order valence-corrected chi connectivity index (χ2v) is 5.46. The predicted molar refractivity (Wildman–Crippen MR) is 79.3 cm³/mol. The Hall–Kier alpha value is -1.86. The molecule has 2 N–H and O–H groups in total. The van der Waals surface area contributed by atoms with Gasteiger partial charge >= 0.3 is 0 Å². The van der Waals surface area contributed by atoms with E-state index in [4.69, 9.17) is 5.11 Å². The van der Waals surface area contributed by atoms with Crippen molar-refractivity contribution >= 4 is 5.91 Å². The van der Waals surface area contributed by atoms with Crippen molar-refractivity contribution in [2.45, 2.75) is 38.6 Å². The van der Waals surface area contributed by atoms with Gasteiger partial charge in [-0.15, -0.1) is 0 Å². The Bertz CT molecular complexity index is 574. The normalized spacial score (nSPS) is 20.7. The summed E-state index contributed by atoms with van der Waals surface area (Å²) in [6.07, 6.45) is 3.52. The number of benzene rings is 1. The van der Waals surface area contributed by atoms with Crippen LogP contribution in [0.25, 0.3) is 0 Å². The highest BCUT2D eigenvalue weighted by atomic mass is 19.1. The monoisotopic (exact) mass is 289 g/mol. The van der Waals surface area contributed by atoms with E-state index in [2.05, 4.69) is 24.1 Å². The number of carbonyl (C=O) groups excluding carboxylic acids is 1. The fraction of sp³-hybridized carbons (Fsp3) is 0.471. The van der Waals surface area contributed by atoms with Crippen LogP contribution in [0.4, 0.5) is 4.39 Å². The average molecular weight is 289 g/mol. The summed E-state index contributed by atoms with van der Waals surface area (Å²) in [4.78, 5) is 12.1. The number of amides is 1. The van der Waals surface area contributed by atoms with Crippen molar-refractivity contribution in [3.63, 3.8) is 0 Å². The van der Waals surface area contributed by atoms with Gasteiger partial charge in [-0.3, -0.25) is 4.79 Å². The van der Waals surface area contributed by atoms with E-state index in [1.165, 1.54) is 12.1 Å². The molecular formula is C17H20FNO2. The SMILES string of the molecule is CC1CCCC1NC(=O)c1ccc(C#CCCO)cc1F. The van der Waals surface area contributed by atoms with E-state index in [1.807, 2.05) is 0 Å². The molecule has 0 heterocycles. The van der Waals surface area contributed by atoms with Gasteiger partial charge in [0.15, 0.2) is 0 Å². The molecule has 1 aromatic rings. The van der Waals surface area contributed by atoms with Gasteiger partial charge in [-0.1, -0.05) is 25.2 Å². The van der Waals surface area contributed by atoms with Crippen molar-refractivity contribution in [3.05, 3.63) is 35.1 Å². The number of aliphatic hydroxyl groups is 1. The lowest BCUT2D eigenvalue weighted by molar-refractivity contribution is 0.0925. The van der Waals surface area contributed by atoms with Gasteiger partial charge < -0.3 is 10.4 Å². The molecule has 21 heavy (non-hydrogen) atoms. The number of hydrogen-bond donors (Lipinski definition) is 2. The minimum absolute atomic E-state index is 0.0183. The minimum Gasteiger partial charge on any atom is -0.395 e. The number of rotatable bonds is 3. The van der Waals surface area contributed by atoms with Crippen LogP contribution in [0.5, 0.6) is 0 Å². The van der Waals surface area contributed by atoms with E-state index >= 15 is 0 Å². The summed E-state index contributed by atoms with van der Waals surface area (Å²) in [6.45, 7) is 2.09. The average Bonchev–Trinajstić information content (AvgIpc) is 2.84. The highest BCUT2D eigenvalue weighted by Gasteiger charge is 2.25. The van der Waals surface area contributed by atoms with Crippen LogP contribution in [-0.4, -0.2) is 23.7 Å². The molecule has 2 rings (SSSR count). The molecule has 0 aliphatic heterocycles. The highest BCUT2D eigenvalue weighted by molar-refractivity contribution is 5.94. The molecule has 2 unspecified atom stereocenters. The van der Waals surface area contributed by atoms with Gasteiger partial charge in [0.2, 0.25) is 0 Å². The largest absolute Gasteiger partial charge is 0.395 e. The Kier molecular flexibility index (Phi) is 5.35. The van der Waals surface area contributed by atoms with E-state index in [9.17, 15) is 9.18 Å². The fourth-order valence-electron chi connectivity index (χ4n) is 2.60. The standard InChI is InChI=1S/C17H20FNO2/c1-12-5-4-7-16(12)19-17(21)14-9-8-13(11-15(14)18)6-2-3-10-20/h8-9,11-12,16,20H,3-5,7,10H2,1H3,(H,19,21). The van der Waals surface area contributed by atoms with Gasteiger partial charge in [0.1, 0.15) is 5.82 Å². The van der Waals surface area contributed by atoms with Gasteiger partial charge in [-0.2, -0.15) is 0 Å².